The van der Waals surface area contributed by atoms with Crippen LogP contribution in [0.2, 0.25) is 0 Å². The third-order valence-electron chi connectivity index (χ3n) is 8.24. The minimum Gasteiger partial charge on any atom is -0.391 e. The van der Waals surface area contributed by atoms with Crippen LogP contribution in [0.25, 0.3) is 10.4 Å². The van der Waals surface area contributed by atoms with Crippen molar-refractivity contribution >= 4 is 35.1 Å². The van der Waals surface area contributed by atoms with E-state index in [9.17, 15) is 24.3 Å². The van der Waals surface area contributed by atoms with Crippen molar-refractivity contribution in [1.29, 1.82) is 0 Å². The van der Waals surface area contributed by atoms with E-state index in [2.05, 4.69) is 26.3 Å². The first-order valence-corrected chi connectivity index (χ1v) is 17.3. The average Bonchev–Trinajstić information content (AvgIpc) is 3.68. The van der Waals surface area contributed by atoms with Crippen LogP contribution >= 0.6 is 11.3 Å². The molecule has 14 nitrogen and oxygen atoms in total. The van der Waals surface area contributed by atoms with Crippen molar-refractivity contribution in [1.82, 2.24) is 36.1 Å². The normalized spacial score (nSPS) is 18.8. The van der Waals surface area contributed by atoms with Gasteiger partial charge in [-0.3, -0.25) is 14.4 Å². The minimum atomic E-state index is -0.951. The molecule has 15 heteroatoms. The fourth-order valence-corrected chi connectivity index (χ4v) is 6.39. The lowest BCUT2D eigenvalue weighted by Gasteiger charge is -2.35. The maximum atomic E-state index is 13.8. The number of ether oxygens (including phenoxy) is 2. The quantitative estimate of drug-likeness (QED) is 0.181. The van der Waals surface area contributed by atoms with E-state index in [1.54, 1.807) is 16.2 Å². The van der Waals surface area contributed by atoms with E-state index < -0.39 is 35.4 Å². The molecule has 0 saturated carbocycles. The van der Waals surface area contributed by atoms with Gasteiger partial charge in [0.2, 0.25) is 17.7 Å². The third-order valence-corrected chi connectivity index (χ3v) is 9.22. The molecular weight excluding hydrogens is 638 g/mol. The maximum absolute atomic E-state index is 13.8. The van der Waals surface area contributed by atoms with Crippen molar-refractivity contribution < 1.29 is 33.8 Å². The van der Waals surface area contributed by atoms with Crippen LogP contribution in [-0.2, 0) is 30.4 Å². The Bertz CT molecular complexity index is 1380. The molecule has 264 valence electrons. The highest BCUT2D eigenvalue weighted by Gasteiger charge is 2.44. The fourth-order valence-electron chi connectivity index (χ4n) is 5.58. The van der Waals surface area contributed by atoms with Crippen molar-refractivity contribution in [3.8, 4) is 10.4 Å². The Morgan fingerprint density at radius 2 is 1.77 bits per heavy atom. The lowest BCUT2D eigenvalue weighted by Crippen LogP contribution is -2.58. The number of hydrogen-bond donors (Lipinski definition) is 5. The van der Waals surface area contributed by atoms with Crippen LogP contribution in [0.1, 0.15) is 38.4 Å². The second kappa shape index (κ2) is 17.7. The number of amides is 5. The first-order chi connectivity index (χ1) is 22.9. The smallest absolute Gasteiger partial charge is 0.317 e. The first-order valence-electron chi connectivity index (χ1n) is 16.4. The van der Waals surface area contributed by atoms with Gasteiger partial charge in [0.15, 0.2) is 0 Å². The van der Waals surface area contributed by atoms with Crippen molar-refractivity contribution in [2.24, 2.45) is 5.41 Å². The maximum Gasteiger partial charge on any atom is 0.317 e. The third kappa shape index (κ3) is 10.7. The Balaban J connectivity index is 1.20. The molecule has 48 heavy (non-hydrogen) atoms. The standard InChI is InChI=1S/C33H49N7O7S/c1-22-28(48-21-37-22)24-7-5-23(6-8-24)18-36-30(43)26-17-25(41)19-40(26)31(44)29(33(2,3)4)38-27(42)20-47-16-15-46-14-11-35-32(45)39-12-9-34-10-13-39/h5-8,21,25-26,29,34,41H,9-20H2,1-4H3,(H,35,45)(H,36,43)(H,38,42)/t25-,26+,29-/m1/s1. The monoisotopic (exact) mass is 687 g/mol. The molecule has 1 aromatic heterocycles. The van der Waals surface area contributed by atoms with Crippen LogP contribution in [-0.4, -0.2) is 128 Å². The second-order valence-corrected chi connectivity index (χ2v) is 13.9. The van der Waals surface area contributed by atoms with Gasteiger partial charge in [0.05, 0.1) is 42.0 Å². The zero-order valence-electron chi connectivity index (χ0n) is 28.3. The molecule has 3 atom stereocenters. The number of thiazole rings is 1. The number of aliphatic hydroxyl groups is 1. The summed E-state index contributed by atoms with van der Waals surface area (Å²) in [5, 5.41) is 22.1. The number of nitrogens with one attached hydrogen (secondary N) is 4. The van der Waals surface area contributed by atoms with Crippen LogP contribution in [0.5, 0.6) is 0 Å². The lowest BCUT2D eigenvalue weighted by atomic mass is 9.85. The number of aliphatic hydroxyl groups excluding tert-OH is 1. The van der Waals surface area contributed by atoms with Crippen LogP contribution < -0.4 is 21.3 Å². The first kappa shape index (κ1) is 37.2. The van der Waals surface area contributed by atoms with E-state index in [-0.39, 0.29) is 51.3 Å². The predicted octanol–water partition coefficient (Wildman–Crippen LogP) is 0.875. The molecule has 3 heterocycles. The molecule has 4 rings (SSSR count). The highest BCUT2D eigenvalue weighted by Crippen LogP contribution is 2.28. The number of piperazine rings is 1. The Labute approximate surface area is 285 Å². The Morgan fingerprint density at radius 3 is 2.44 bits per heavy atom. The number of rotatable bonds is 14. The molecule has 5 amide bonds. The summed E-state index contributed by atoms with van der Waals surface area (Å²) in [5.74, 6) is -1.29. The highest BCUT2D eigenvalue weighted by atomic mass is 32.1. The van der Waals surface area contributed by atoms with Gasteiger partial charge in [-0.2, -0.15) is 0 Å². The van der Waals surface area contributed by atoms with Crippen LogP contribution in [0.3, 0.4) is 0 Å². The summed E-state index contributed by atoms with van der Waals surface area (Å²) in [4.78, 5) is 60.5. The van der Waals surface area contributed by atoms with Gasteiger partial charge < -0.3 is 45.6 Å². The fraction of sp³-hybridized carbons (Fsp3) is 0.606. The van der Waals surface area contributed by atoms with Crippen molar-refractivity contribution in [3.05, 3.63) is 41.0 Å². The van der Waals surface area contributed by atoms with E-state index >= 15 is 0 Å². The zero-order valence-corrected chi connectivity index (χ0v) is 29.1. The molecular formula is C33H49N7O7S. The second-order valence-electron chi connectivity index (χ2n) is 13.1. The molecule has 5 N–H and O–H groups in total. The van der Waals surface area contributed by atoms with Gasteiger partial charge in [-0.15, -0.1) is 11.3 Å². The minimum absolute atomic E-state index is 0.00814. The molecule has 2 aliphatic rings. The topological polar surface area (TPSA) is 174 Å². The van der Waals surface area contributed by atoms with Gasteiger partial charge in [-0.25, -0.2) is 9.78 Å². The van der Waals surface area contributed by atoms with Crippen molar-refractivity contribution in [2.75, 3.05) is 65.7 Å². The van der Waals surface area contributed by atoms with Gasteiger partial charge in [-0.1, -0.05) is 45.0 Å². The molecule has 0 radical (unpaired) electrons. The van der Waals surface area contributed by atoms with Crippen LogP contribution in [0.15, 0.2) is 29.8 Å². The number of benzene rings is 1. The van der Waals surface area contributed by atoms with Gasteiger partial charge in [-0.05, 0) is 23.5 Å². The number of hydrogen-bond acceptors (Lipinski definition) is 10. The van der Waals surface area contributed by atoms with Gasteiger partial charge in [0, 0.05) is 52.2 Å². The molecule has 0 aliphatic carbocycles. The SMILES string of the molecule is Cc1ncsc1-c1ccc(CNC(=O)[C@@H]2C[C@@H](O)CN2C(=O)[C@@H](NC(=O)COCCOCCNC(=O)N2CCNCC2)C(C)(C)C)cc1. The van der Waals surface area contributed by atoms with Crippen molar-refractivity contribution in [2.45, 2.75) is 58.8 Å². The Kier molecular flexibility index (Phi) is 13.7. The largest absolute Gasteiger partial charge is 0.391 e. The van der Waals surface area contributed by atoms with Crippen LogP contribution in [0.4, 0.5) is 4.79 Å². The lowest BCUT2D eigenvalue weighted by molar-refractivity contribution is -0.144. The summed E-state index contributed by atoms with van der Waals surface area (Å²) in [6, 6.07) is 5.92. The Hall–Kier alpha value is -3.63. The number of likely N-dealkylation sites (tertiary alicyclic amines) is 1. The zero-order chi connectivity index (χ0) is 34.7. The summed E-state index contributed by atoms with van der Waals surface area (Å²) in [5.41, 5.74) is 4.04. The Morgan fingerprint density at radius 1 is 1.06 bits per heavy atom. The average molecular weight is 688 g/mol. The molecule has 2 fully saturated rings. The molecule has 2 saturated heterocycles. The molecule has 0 unspecified atom stereocenters. The summed E-state index contributed by atoms with van der Waals surface area (Å²) >= 11 is 1.57. The molecule has 2 aromatic rings. The van der Waals surface area contributed by atoms with Crippen molar-refractivity contribution in [3.63, 3.8) is 0 Å². The molecule has 0 bridgehead atoms. The van der Waals surface area contributed by atoms with E-state index in [1.165, 1.54) is 4.90 Å². The summed E-state index contributed by atoms with van der Waals surface area (Å²) in [6.07, 6.45) is -0.754. The molecule has 0 spiro atoms. The van der Waals surface area contributed by atoms with Crippen LogP contribution in [0, 0.1) is 12.3 Å². The highest BCUT2D eigenvalue weighted by molar-refractivity contribution is 7.13. The summed E-state index contributed by atoms with van der Waals surface area (Å²) in [6.45, 7) is 11.4. The van der Waals surface area contributed by atoms with E-state index in [0.29, 0.717) is 26.2 Å². The van der Waals surface area contributed by atoms with E-state index in [1.807, 2.05) is 57.5 Å². The summed E-state index contributed by atoms with van der Waals surface area (Å²) < 4.78 is 10.9. The number of urea groups is 1. The van der Waals surface area contributed by atoms with Gasteiger partial charge >= 0.3 is 6.03 Å². The van der Waals surface area contributed by atoms with Gasteiger partial charge in [0.25, 0.3) is 0 Å². The number of carbonyl (C=O) groups is 4. The summed E-state index contributed by atoms with van der Waals surface area (Å²) in [7, 11) is 0. The molecule has 1 aromatic carbocycles. The van der Waals surface area contributed by atoms with E-state index in [0.717, 1.165) is 34.8 Å². The number of β-amino-alcohol motifs (C(OH)–C–C–N with tert-alkyl or cyclic N) is 1. The van der Waals surface area contributed by atoms with Gasteiger partial charge in [0.1, 0.15) is 18.7 Å². The number of nitrogens with zero attached hydrogens (tertiary/aromatic N) is 3. The number of aromatic nitrogens is 1. The number of carbonyl (C=O) groups excluding carboxylic acids is 4. The predicted molar refractivity (Wildman–Crippen MR) is 181 cm³/mol. The van der Waals surface area contributed by atoms with E-state index in [4.69, 9.17) is 9.47 Å². The number of aryl methyl sites for hydroxylation is 1. The molecule has 2 aliphatic heterocycles.